The molecule has 0 radical (unpaired) electrons. The SMILES string of the molecule is CCC(CC)NC(=O)Nc1ccc(Oc2ccc(NC(=O)c3ccc(OC45CCC(CC4)CN5C)cc3)cc2)c(OC)c1.CCC(CC)NC(=O)Nc1ccc(Oc2ccc(NC(=O)c3ccc(OC4CC(C)(C)N(C)C(C)(C)C4)cc3)cc2)c(OC)c1. The smallest absolute Gasteiger partial charge is 0.319 e. The van der Waals surface area contributed by atoms with Gasteiger partial charge >= 0.3 is 12.1 Å². The summed E-state index contributed by atoms with van der Waals surface area (Å²) in [5, 5.41) is 17.5. The molecule has 1 saturated carbocycles. The first-order chi connectivity index (χ1) is 42.1. The number of amides is 6. The highest BCUT2D eigenvalue weighted by molar-refractivity contribution is 6.05. The van der Waals surface area contributed by atoms with Gasteiger partial charge in [0, 0.05) is 101 Å². The number of fused-ring (bicyclic) bond motifs is 3. The molecule has 3 saturated heterocycles. The fourth-order valence-electron chi connectivity index (χ4n) is 11.8. The third-order valence-corrected chi connectivity index (χ3v) is 17.4. The molecule has 0 aromatic heterocycles. The molecule has 10 rings (SSSR count). The first-order valence-corrected chi connectivity index (χ1v) is 30.8. The second kappa shape index (κ2) is 29.5. The minimum Gasteiger partial charge on any atom is -0.493 e. The molecule has 6 aromatic carbocycles. The molecule has 18 nitrogen and oxygen atoms in total. The van der Waals surface area contributed by atoms with Crippen LogP contribution in [-0.2, 0) is 0 Å². The number of anilines is 4. The van der Waals surface area contributed by atoms with Gasteiger partial charge in [-0.25, -0.2) is 9.59 Å². The molecule has 0 unspecified atom stereocenters. The summed E-state index contributed by atoms with van der Waals surface area (Å²) in [4.78, 5) is 55.3. The Kier molecular flexibility index (Phi) is 21.9. The zero-order valence-corrected chi connectivity index (χ0v) is 53.3. The summed E-state index contributed by atoms with van der Waals surface area (Å²) >= 11 is 0. The lowest BCUT2D eigenvalue weighted by Gasteiger charge is -2.53. The number of piperidine rings is 3. The van der Waals surface area contributed by atoms with Gasteiger partial charge in [-0.05, 0) is 208 Å². The Morgan fingerprint density at radius 1 is 0.500 bits per heavy atom. The first kappa shape index (κ1) is 65.5. The molecule has 1 aliphatic carbocycles. The molecular formula is C70H90N8O10. The number of methoxy groups -OCH3 is 2. The lowest BCUT2D eigenvalue weighted by Crippen LogP contribution is -2.60. The zero-order chi connectivity index (χ0) is 63.2. The molecule has 4 aliphatic rings. The van der Waals surface area contributed by atoms with Crippen molar-refractivity contribution < 1.29 is 47.6 Å². The Morgan fingerprint density at radius 2 is 0.886 bits per heavy atom. The van der Waals surface area contributed by atoms with Crippen LogP contribution in [-0.4, -0.2) is 104 Å². The van der Waals surface area contributed by atoms with E-state index in [9.17, 15) is 19.2 Å². The van der Waals surface area contributed by atoms with E-state index in [1.165, 1.54) is 12.8 Å². The Morgan fingerprint density at radius 3 is 1.27 bits per heavy atom. The molecule has 88 heavy (non-hydrogen) atoms. The predicted molar refractivity (Wildman–Crippen MR) is 348 cm³/mol. The maximum Gasteiger partial charge on any atom is 0.319 e. The number of nitrogens with one attached hydrogen (secondary N) is 6. The number of benzene rings is 6. The third-order valence-electron chi connectivity index (χ3n) is 17.4. The van der Waals surface area contributed by atoms with Gasteiger partial charge in [0.25, 0.3) is 11.8 Å². The molecule has 0 spiro atoms. The molecule has 4 fully saturated rings. The standard InChI is InChI=1S/C36H48N4O5.C34H42N4O5/c1-9-25(10-2)38-34(42)39-27-15-20-31(32(21-27)43-8)45-29-18-13-26(14-19-29)37-33(41)24-11-16-28(17-12-24)44-30-22-35(3,4)40(7)36(5,6)23-30;1-5-25(6-2)36-33(40)37-27-11-16-30(31(21-27)41-4)42-28-14-9-26(10-15-28)35-32(39)24-7-12-29(13-8-24)43-34-19-17-23(18-20-34)22-38(34)3/h11-21,25,30H,9-10,22-23H2,1-8H3,(H,37,41)(H2,38,39,42);7-16,21,23,25H,5-6,17-20,22H2,1-4H3,(H,35,39)(H2,36,37,40). The summed E-state index contributed by atoms with van der Waals surface area (Å²) < 4.78 is 35.9. The Labute approximate surface area is 519 Å². The second-order valence-corrected chi connectivity index (χ2v) is 24.4. The number of likely N-dealkylation sites (tertiary alicyclic amines) is 1. The average Bonchev–Trinajstić information content (AvgIpc) is 2.20. The van der Waals surface area contributed by atoms with Crippen molar-refractivity contribution in [3.8, 4) is 46.0 Å². The van der Waals surface area contributed by atoms with E-state index in [0.717, 1.165) is 75.3 Å². The molecule has 470 valence electrons. The van der Waals surface area contributed by atoms with Crippen LogP contribution in [0, 0.1) is 5.92 Å². The van der Waals surface area contributed by atoms with Gasteiger partial charge in [0.05, 0.1) is 14.2 Å². The largest absolute Gasteiger partial charge is 0.493 e. The van der Waals surface area contributed by atoms with Crippen molar-refractivity contribution in [3.63, 3.8) is 0 Å². The number of rotatable bonds is 22. The lowest BCUT2D eigenvalue weighted by molar-refractivity contribution is -0.148. The highest BCUT2D eigenvalue weighted by atomic mass is 16.5. The van der Waals surface area contributed by atoms with Crippen molar-refractivity contribution in [2.75, 3.05) is 56.1 Å². The van der Waals surface area contributed by atoms with E-state index in [4.69, 9.17) is 28.4 Å². The van der Waals surface area contributed by atoms with Crippen molar-refractivity contribution in [1.29, 1.82) is 0 Å². The number of nitrogens with zero attached hydrogens (tertiary/aromatic N) is 2. The first-order valence-electron chi connectivity index (χ1n) is 30.8. The molecule has 0 atom stereocenters. The monoisotopic (exact) mass is 1200 g/mol. The van der Waals surface area contributed by atoms with E-state index >= 15 is 0 Å². The van der Waals surface area contributed by atoms with Crippen LogP contribution in [0.5, 0.6) is 46.0 Å². The van der Waals surface area contributed by atoms with Gasteiger partial charge < -0.3 is 60.3 Å². The minimum atomic E-state index is -0.262. The molecule has 3 heterocycles. The van der Waals surface area contributed by atoms with Gasteiger partial charge in [0.15, 0.2) is 28.7 Å². The zero-order valence-electron chi connectivity index (χ0n) is 53.3. The normalized spacial score (nSPS) is 17.8. The predicted octanol–water partition coefficient (Wildman–Crippen LogP) is 15.3. The summed E-state index contributed by atoms with van der Waals surface area (Å²) in [6.45, 7) is 18.2. The average molecular weight is 1200 g/mol. The Balaban J connectivity index is 0.000000228. The maximum atomic E-state index is 12.9. The van der Waals surface area contributed by atoms with E-state index in [0.29, 0.717) is 68.4 Å². The van der Waals surface area contributed by atoms with Gasteiger partial charge in [-0.1, -0.05) is 27.7 Å². The molecule has 6 amide bonds. The van der Waals surface area contributed by atoms with Crippen molar-refractivity contribution in [1.82, 2.24) is 20.4 Å². The van der Waals surface area contributed by atoms with Gasteiger partial charge in [-0.3, -0.25) is 19.4 Å². The summed E-state index contributed by atoms with van der Waals surface area (Å²) in [5.74, 6) is 5.02. The van der Waals surface area contributed by atoms with Gasteiger partial charge in [-0.15, -0.1) is 0 Å². The summed E-state index contributed by atoms with van der Waals surface area (Å²) in [7, 11) is 7.42. The molecule has 2 bridgehead atoms. The van der Waals surface area contributed by atoms with E-state index in [1.807, 2.05) is 52.0 Å². The van der Waals surface area contributed by atoms with Crippen LogP contribution in [0.1, 0.15) is 140 Å². The van der Waals surface area contributed by atoms with E-state index in [2.05, 4.69) is 83.5 Å². The number of hydrogen-bond donors (Lipinski definition) is 6. The van der Waals surface area contributed by atoms with Crippen molar-refractivity contribution in [2.24, 2.45) is 5.92 Å². The fraction of sp³-hybridized carbons (Fsp3) is 0.429. The van der Waals surface area contributed by atoms with Gasteiger partial charge in [0.2, 0.25) is 0 Å². The van der Waals surface area contributed by atoms with E-state index in [1.54, 1.807) is 123 Å². The number of urea groups is 2. The molecule has 6 aromatic rings. The van der Waals surface area contributed by atoms with E-state index in [-0.39, 0.29) is 58.9 Å². The van der Waals surface area contributed by atoms with Gasteiger partial charge in [0.1, 0.15) is 29.1 Å². The summed E-state index contributed by atoms with van der Waals surface area (Å²) in [6, 6.07) is 39.0. The van der Waals surface area contributed by atoms with Crippen LogP contribution in [0.25, 0.3) is 0 Å². The van der Waals surface area contributed by atoms with E-state index < -0.39 is 0 Å². The third kappa shape index (κ3) is 17.2. The maximum absolute atomic E-state index is 12.9. The van der Waals surface area contributed by atoms with Crippen molar-refractivity contribution >= 4 is 46.6 Å². The van der Waals surface area contributed by atoms with Crippen LogP contribution in [0.2, 0.25) is 0 Å². The topological polar surface area (TPSA) is 202 Å². The second-order valence-electron chi connectivity index (χ2n) is 24.4. The number of carbonyl (C=O) groups excluding carboxylic acids is 4. The van der Waals surface area contributed by atoms with Gasteiger partial charge in [-0.2, -0.15) is 0 Å². The molecule has 3 aliphatic heterocycles. The Bertz CT molecular complexity index is 3270. The van der Waals surface area contributed by atoms with Crippen LogP contribution >= 0.6 is 0 Å². The fourth-order valence-corrected chi connectivity index (χ4v) is 11.8. The quantitative estimate of drug-likeness (QED) is 0.0376. The minimum absolute atomic E-state index is 0.0345. The van der Waals surface area contributed by atoms with Crippen LogP contribution < -0.4 is 60.3 Å². The number of carbonyl (C=O) groups is 4. The summed E-state index contributed by atoms with van der Waals surface area (Å²) in [5.41, 5.74) is 3.41. The molecule has 6 N–H and O–H groups in total. The van der Waals surface area contributed by atoms with Crippen LogP contribution in [0.15, 0.2) is 133 Å². The Hall–Kier alpha value is -8.48. The summed E-state index contributed by atoms with van der Waals surface area (Å²) in [6.07, 6.45) is 9.94. The van der Waals surface area contributed by atoms with Crippen molar-refractivity contribution in [2.45, 2.75) is 155 Å². The molecular weight excluding hydrogens is 1110 g/mol. The van der Waals surface area contributed by atoms with Crippen LogP contribution in [0.3, 0.4) is 0 Å². The highest BCUT2D eigenvalue weighted by Crippen LogP contribution is 2.44. The van der Waals surface area contributed by atoms with Crippen molar-refractivity contribution in [3.05, 3.63) is 145 Å². The lowest BCUT2D eigenvalue weighted by atomic mass is 9.77. The van der Waals surface area contributed by atoms with Crippen LogP contribution in [0.4, 0.5) is 32.3 Å². The number of ether oxygens (including phenoxy) is 6. The molecule has 18 heteroatoms. The number of hydrogen-bond acceptors (Lipinski definition) is 12. The highest BCUT2D eigenvalue weighted by Gasteiger charge is 2.47.